The van der Waals surface area contributed by atoms with Crippen molar-refractivity contribution in [3.63, 3.8) is 0 Å². The number of anilines is 1. The Morgan fingerprint density at radius 3 is 3.06 bits per heavy atom. The van der Waals surface area contributed by atoms with Crippen LogP contribution in [0.4, 0.5) is 5.69 Å². The lowest BCUT2D eigenvalue weighted by Gasteiger charge is -2.07. The molecular weight excluding hydrogens is 232 g/mol. The number of ether oxygens (including phenoxy) is 2. The average molecular weight is 248 g/mol. The van der Waals surface area contributed by atoms with Crippen LogP contribution < -0.4 is 5.32 Å². The number of hydrogen-bond acceptors (Lipinski definition) is 5. The van der Waals surface area contributed by atoms with Crippen LogP contribution in [-0.2, 0) is 14.3 Å². The molecule has 0 fully saturated rings. The van der Waals surface area contributed by atoms with Crippen molar-refractivity contribution < 1.29 is 14.3 Å². The zero-order chi connectivity index (χ0) is 13.2. The van der Waals surface area contributed by atoms with E-state index in [1.165, 1.54) is 0 Å². The Morgan fingerprint density at radius 1 is 1.50 bits per heavy atom. The molecule has 0 saturated heterocycles. The van der Waals surface area contributed by atoms with Gasteiger partial charge in [-0.3, -0.25) is 0 Å². The summed E-state index contributed by atoms with van der Waals surface area (Å²) in [6, 6.07) is 9.23. The van der Waals surface area contributed by atoms with E-state index < -0.39 is 0 Å². The molecule has 0 aliphatic carbocycles. The molecule has 0 aromatic heterocycles. The van der Waals surface area contributed by atoms with Crippen LogP contribution >= 0.6 is 0 Å². The molecule has 0 saturated carbocycles. The summed E-state index contributed by atoms with van der Waals surface area (Å²) in [6.45, 7) is 3.04. The summed E-state index contributed by atoms with van der Waals surface area (Å²) in [5.41, 5.74) is 1.46. The van der Waals surface area contributed by atoms with Gasteiger partial charge in [0.25, 0.3) is 0 Å². The Hall–Kier alpha value is -2.06. The Kier molecular flexibility index (Phi) is 6.30. The van der Waals surface area contributed by atoms with Gasteiger partial charge in [0.1, 0.15) is 6.61 Å². The summed E-state index contributed by atoms with van der Waals surface area (Å²) >= 11 is 0. The van der Waals surface area contributed by atoms with Gasteiger partial charge in [-0.15, -0.1) is 0 Å². The lowest BCUT2D eigenvalue weighted by Crippen LogP contribution is -2.16. The fourth-order valence-corrected chi connectivity index (χ4v) is 1.32. The quantitative estimate of drug-likeness (QED) is 0.585. The van der Waals surface area contributed by atoms with Crippen LogP contribution in [0.5, 0.6) is 0 Å². The smallest absolute Gasteiger partial charge is 0.332 e. The highest BCUT2D eigenvalue weighted by Gasteiger charge is 2.00. The SMILES string of the molecule is CCOC(=O)COCCNc1cccc(C#N)c1. The van der Waals surface area contributed by atoms with Crippen LogP contribution in [0.1, 0.15) is 12.5 Å². The molecule has 1 aromatic carbocycles. The monoisotopic (exact) mass is 248 g/mol. The number of benzene rings is 1. The Bertz CT molecular complexity index is 426. The minimum absolute atomic E-state index is 0.0340. The number of esters is 1. The second kappa shape index (κ2) is 8.09. The van der Waals surface area contributed by atoms with Crippen molar-refractivity contribution >= 4 is 11.7 Å². The highest BCUT2D eigenvalue weighted by Crippen LogP contribution is 2.08. The van der Waals surface area contributed by atoms with Crippen molar-refractivity contribution in [2.24, 2.45) is 0 Å². The van der Waals surface area contributed by atoms with Crippen LogP contribution in [-0.4, -0.2) is 32.3 Å². The normalized spacial score (nSPS) is 9.56. The minimum Gasteiger partial charge on any atom is -0.464 e. The summed E-state index contributed by atoms with van der Waals surface area (Å²) in [4.78, 5) is 11.0. The van der Waals surface area contributed by atoms with Gasteiger partial charge >= 0.3 is 5.97 Å². The summed E-state index contributed by atoms with van der Waals surface area (Å²) < 4.78 is 9.84. The van der Waals surface area contributed by atoms with Crippen LogP contribution in [0.15, 0.2) is 24.3 Å². The topological polar surface area (TPSA) is 71.3 Å². The Labute approximate surface area is 106 Å². The largest absolute Gasteiger partial charge is 0.464 e. The van der Waals surface area contributed by atoms with E-state index in [0.29, 0.717) is 25.3 Å². The predicted molar refractivity (Wildman–Crippen MR) is 67.1 cm³/mol. The molecule has 0 atom stereocenters. The number of nitrogens with one attached hydrogen (secondary N) is 1. The zero-order valence-electron chi connectivity index (χ0n) is 10.3. The van der Waals surface area contributed by atoms with E-state index in [1.807, 2.05) is 6.07 Å². The first-order chi connectivity index (χ1) is 8.76. The summed E-state index contributed by atoms with van der Waals surface area (Å²) in [6.07, 6.45) is 0. The summed E-state index contributed by atoms with van der Waals surface area (Å²) in [7, 11) is 0. The molecule has 96 valence electrons. The third-order valence-electron chi connectivity index (χ3n) is 2.09. The first-order valence-electron chi connectivity index (χ1n) is 5.73. The lowest BCUT2D eigenvalue weighted by atomic mass is 10.2. The van der Waals surface area contributed by atoms with Crippen LogP contribution in [0.3, 0.4) is 0 Å². The van der Waals surface area contributed by atoms with E-state index in [1.54, 1.807) is 25.1 Å². The molecule has 0 heterocycles. The Balaban J connectivity index is 2.18. The van der Waals surface area contributed by atoms with Crippen molar-refractivity contribution in [1.82, 2.24) is 0 Å². The summed E-state index contributed by atoms with van der Waals surface area (Å²) in [5, 5.41) is 11.8. The van der Waals surface area contributed by atoms with E-state index in [-0.39, 0.29) is 12.6 Å². The molecule has 1 rings (SSSR count). The molecule has 0 aliphatic rings. The van der Waals surface area contributed by atoms with Gasteiger partial charge in [0.05, 0.1) is 24.8 Å². The van der Waals surface area contributed by atoms with Crippen molar-refractivity contribution in [3.05, 3.63) is 29.8 Å². The first-order valence-corrected chi connectivity index (χ1v) is 5.73. The predicted octanol–water partition coefficient (Wildman–Crippen LogP) is 1.55. The lowest BCUT2D eigenvalue weighted by molar-refractivity contribution is -0.148. The Morgan fingerprint density at radius 2 is 2.33 bits per heavy atom. The third kappa shape index (κ3) is 5.32. The maximum absolute atomic E-state index is 11.0. The second-order valence-electron chi connectivity index (χ2n) is 3.48. The van der Waals surface area contributed by atoms with Gasteiger partial charge in [0.15, 0.2) is 0 Å². The molecule has 0 aliphatic heterocycles. The number of nitrogens with zero attached hydrogens (tertiary/aromatic N) is 1. The van der Waals surface area contributed by atoms with E-state index >= 15 is 0 Å². The van der Waals surface area contributed by atoms with Crippen molar-refractivity contribution in [1.29, 1.82) is 5.26 Å². The van der Waals surface area contributed by atoms with E-state index in [9.17, 15) is 4.79 Å². The van der Waals surface area contributed by atoms with Crippen molar-refractivity contribution in [2.45, 2.75) is 6.92 Å². The first kappa shape index (κ1) is 14.0. The van der Waals surface area contributed by atoms with Crippen molar-refractivity contribution in [3.8, 4) is 6.07 Å². The maximum Gasteiger partial charge on any atom is 0.332 e. The van der Waals surface area contributed by atoms with Gasteiger partial charge in [0, 0.05) is 12.2 Å². The maximum atomic E-state index is 11.0. The van der Waals surface area contributed by atoms with Gasteiger partial charge in [-0.1, -0.05) is 6.07 Å². The molecule has 0 bridgehead atoms. The van der Waals surface area contributed by atoms with Gasteiger partial charge in [-0.2, -0.15) is 5.26 Å². The number of carbonyl (C=O) groups is 1. The fourth-order valence-electron chi connectivity index (χ4n) is 1.32. The van der Waals surface area contributed by atoms with Crippen molar-refractivity contribution in [2.75, 3.05) is 31.7 Å². The molecule has 1 aromatic rings. The van der Waals surface area contributed by atoms with Gasteiger partial charge < -0.3 is 14.8 Å². The number of nitriles is 1. The molecule has 5 heteroatoms. The van der Waals surface area contributed by atoms with Gasteiger partial charge in [0.2, 0.25) is 0 Å². The number of hydrogen-bond donors (Lipinski definition) is 1. The molecular formula is C13H16N2O3. The number of carbonyl (C=O) groups excluding carboxylic acids is 1. The molecule has 18 heavy (non-hydrogen) atoms. The standard InChI is InChI=1S/C13H16N2O3/c1-2-18-13(16)10-17-7-6-15-12-5-3-4-11(8-12)9-14/h3-5,8,15H,2,6-7,10H2,1H3. The highest BCUT2D eigenvalue weighted by atomic mass is 16.6. The average Bonchev–Trinajstić information content (AvgIpc) is 2.39. The second-order valence-corrected chi connectivity index (χ2v) is 3.48. The van der Waals surface area contributed by atoms with E-state index in [0.717, 1.165) is 5.69 Å². The van der Waals surface area contributed by atoms with Crippen LogP contribution in [0.25, 0.3) is 0 Å². The molecule has 1 N–H and O–H groups in total. The van der Waals surface area contributed by atoms with Crippen LogP contribution in [0.2, 0.25) is 0 Å². The van der Waals surface area contributed by atoms with E-state index in [4.69, 9.17) is 14.7 Å². The third-order valence-corrected chi connectivity index (χ3v) is 2.09. The van der Waals surface area contributed by atoms with Gasteiger partial charge in [-0.25, -0.2) is 4.79 Å². The fraction of sp³-hybridized carbons (Fsp3) is 0.385. The summed E-state index contributed by atoms with van der Waals surface area (Å²) in [5.74, 6) is -0.357. The molecule has 0 amide bonds. The molecule has 0 unspecified atom stereocenters. The highest BCUT2D eigenvalue weighted by molar-refractivity contribution is 5.70. The molecule has 0 spiro atoms. The molecule has 0 radical (unpaired) electrons. The molecule has 5 nitrogen and oxygen atoms in total. The van der Waals surface area contributed by atoms with Gasteiger partial charge in [-0.05, 0) is 25.1 Å². The minimum atomic E-state index is -0.357. The van der Waals surface area contributed by atoms with E-state index in [2.05, 4.69) is 11.4 Å². The zero-order valence-corrected chi connectivity index (χ0v) is 10.3. The van der Waals surface area contributed by atoms with Crippen LogP contribution in [0, 0.1) is 11.3 Å². The number of rotatable bonds is 7.